The number of amides is 1. The van der Waals surface area contributed by atoms with E-state index in [1.165, 1.54) is 17.6 Å². The minimum Gasteiger partial charge on any atom is -0.347 e. The first-order valence-corrected chi connectivity index (χ1v) is 11.3. The molecule has 1 fully saturated rings. The van der Waals surface area contributed by atoms with Gasteiger partial charge in [-0.05, 0) is 43.0 Å². The molecular weight excluding hydrogens is 458 g/mol. The van der Waals surface area contributed by atoms with E-state index in [1.807, 2.05) is 18.0 Å². The maximum absolute atomic E-state index is 14.0. The van der Waals surface area contributed by atoms with Gasteiger partial charge in [0.15, 0.2) is 5.72 Å². The number of carbonyl (C=O) groups is 1. The van der Waals surface area contributed by atoms with E-state index in [0.29, 0.717) is 24.5 Å². The van der Waals surface area contributed by atoms with Crippen LogP contribution < -0.4 is 5.73 Å². The predicted octanol–water partition coefficient (Wildman–Crippen LogP) is 3.41. The number of likely N-dealkylation sites (N-methyl/N-ethyl adjacent to an activating group) is 1. The summed E-state index contributed by atoms with van der Waals surface area (Å²) in [6.45, 7) is 3.16. The van der Waals surface area contributed by atoms with Crippen molar-refractivity contribution in [2.24, 2.45) is 10.7 Å². The summed E-state index contributed by atoms with van der Waals surface area (Å²) in [6.07, 6.45) is 3.10. The van der Waals surface area contributed by atoms with Crippen molar-refractivity contribution in [3.05, 3.63) is 62.3 Å². The van der Waals surface area contributed by atoms with Crippen LogP contribution in [0.3, 0.4) is 0 Å². The Balaban J connectivity index is 1.48. The first-order valence-electron chi connectivity index (χ1n) is 10.1. The number of carbonyl (C=O) groups excluding carboxylic acids is 1. The number of hydrogen-bond acceptors (Lipinski definition) is 6. The second-order valence-electron chi connectivity index (χ2n) is 7.86. The molecule has 1 aromatic carbocycles. The molecule has 2 aromatic rings. The first kappa shape index (κ1) is 23.0. The number of halogens is 3. The van der Waals surface area contributed by atoms with Crippen LogP contribution >= 0.6 is 22.9 Å². The van der Waals surface area contributed by atoms with Gasteiger partial charge in [-0.15, -0.1) is 11.3 Å². The molecule has 1 saturated heterocycles. The Hall–Kier alpha value is -2.17. The van der Waals surface area contributed by atoms with E-state index >= 15 is 0 Å². The Morgan fingerprint density at radius 2 is 1.94 bits per heavy atom. The molecular formula is C22H23ClF2N4O2S. The molecule has 3 heterocycles. The maximum Gasteiger partial charge on any atom is 0.264 e. The highest BCUT2D eigenvalue weighted by Crippen LogP contribution is 2.30. The molecule has 1 atom stereocenters. The summed E-state index contributed by atoms with van der Waals surface area (Å²) in [5.74, 6) is -1.40. The SMILES string of the molecule is CN1CCN(C(=O)c2ccc(C3=CC(N)(OCc4c(F)ccc(F)c4Cl)C=NC3)s2)CC1. The third kappa shape index (κ3) is 4.92. The molecule has 2 aliphatic heterocycles. The van der Waals surface area contributed by atoms with Crippen molar-refractivity contribution in [2.75, 3.05) is 39.8 Å². The van der Waals surface area contributed by atoms with E-state index in [9.17, 15) is 13.6 Å². The van der Waals surface area contributed by atoms with E-state index < -0.39 is 17.4 Å². The van der Waals surface area contributed by atoms with Gasteiger partial charge in [0.05, 0.1) is 23.1 Å². The Bertz CT molecular complexity index is 1080. The third-order valence-electron chi connectivity index (χ3n) is 5.48. The van der Waals surface area contributed by atoms with Crippen LogP contribution in [0.1, 0.15) is 20.1 Å². The summed E-state index contributed by atoms with van der Waals surface area (Å²) in [6, 6.07) is 5.62. The Kier molecular flexibility index (Phi) is 6.73. The van der Waals surface area contributed by atoms with Crippen LogP contribution in [0.15, 0.2) is 35.3 Å². The lowest BCUT2D eigenvalue weighted by Gasteiger charge is -2.32. The molecule has 2 N–H and O–H groups in total. The third-order valence-corrected chi connectivity index (χ3v) is 7.04. The number of dihydropyridines is 1. The minimum atomic E-state index is -1.42. The molecule has 0 radical (unpaired) electrons. The van der Waals surface area contributed by atoms with Crippen molar-refractivity contribution in [3.63, 3.8) is 0 Å². The number of ether oxygens (including phenoxy) is 1. The van der Waals surface area contributed by atoms with Crippen molar-refractivity contribution in [1.29, 1.82) is 0 Å². The Morgan fingerprint density at radius 1 is 1.22 bits per heavy atom. The molecule has 32 heavy (non-hydrogen) atoms. The number of rotatable bonds is 5. The van der Waals surface area contributed by atoms with Crippen LogP contribution in [-0.2, 0) is 11.3 Å². The van der Waals surface area contributed by atoms with Gasteiger partial charge in [0.1, 0.15) is 11.6 Å². The standard InChI is InChI=1S/C22H23ClF2N4O2S/c1-28-6-8-29(9-7-28)21(30)19-5-4-18(32-19)14-10-22(26,13-27-11-14)31-12-15-16(24)2-3-17(25)20(15)23/h2-5,10,13H,6-9,11-12,26H2,1H3. The average Bonchev–Trinajstić information content (AvgIpc) is 3.27. The molecule has 0 bridgehead atoms. The van der Waals surface area contributed by atoms with E-state index in [1.54, 1.807) is 12.1 Å². The average molecular weight is 481 g/mol. The number of hydrogen-bond donors (Lipinski definition) is 1. The van der Waals surface area contributed by atoms with Crippen molar-refractivity contribution in [2.45, 2.75) is 12.3 Å². The molecule has 0 saturated carbocycles. The van der Waals surface area contributed by atoms with Gasteiger partial charge >= 0.3 is 0 Å². The van der Waals surface area contributed by atoms with Gasteiger partial charge in [-0.1, -0.05) is 11.6 Å². The van der Waals surface area contributed by atoms with E-state index in [2.05, 4.69) is 9.89 Å². The van der Waals surface area contributed by atoms with Gasteiger partial charge in [0.2, 0.25) is 0 Å². The zero-order valence-corrected chi connectivity index (χ0v) is 19.1. The van der Waals surface area contributed by atoms with Gasteiger partial charge in [-0.25, -0.2) is 8.78 Å². The van der Waals surface area contributed by atoms with E-state index in [4.69, 9.17) is 22.1 Å². The van der Waals surface area contributed by atoms with Crippen LogP contribution in [-0.4, -0.2) is 67.4 Å². The van der Waals surface area contributed by atoms with Crippen molar-refractivity contribution in [3.8, 4) is 0 Å². The number of nitrogens with zero attached hydrogens (tertiary/aromatic N) is 3. The van der Waals surface area contributed by atoms with Gasteiger partial charge in [-0.3, -0.25) is 15.5 Å². The monoisotopic (exact) mass is 480 g/mol. The molecule has 6 nitrogen and oxygen atoms in total. The molecule has 1 aromatic heterocycles. The summed E-state index contributed by atoms with van der Waals surface area (Å²) in [4.78, 5) is 22.7. The van der Waals surface area contributed by atoms with Crippen molar-refractivity contribution < 1.29 is 18.3 Å². The normalized spacial score (nSPS) is 21.7. The second kappa shape index (κ2) is 9.36. The zero-order valence-electron chi connectivity index (χ0n) is 17.5. The van der Waals surface area contributed by atoms with Crippen molar-refractivity contribution in [1.82, 2.24) is 9.80 Å². The molecule has 4 rings (SSSR count). The lowest BCUT2D eigenvalue weighted by Crippen LogP contribution is -2.46. The highest BCUT2D eigenvalue weighted by atomic mass is 35.5. The summed E-state index contributed by atoms with van der Waals surface area (Å²) in [7, 11) is 2.04. The molecule has 170 valence electrons. The largest absolute Gasteiger partial charge is 0.347 e. The second-order valence-corrected chi connectivity index (χ2v) is 9.32. The molecule has 2 aliphatic rings. The van der Waals surface area contributed by atoms with Crippen LogP contribution in [0.4, 0.5) is 8.78 Å². The topological polar surface area (TPSA) is 71.2 Å². The van der Waals surface area contributed by atoms with Crippen molar-refractivity contribution >= 4 is 40.6 Å². The number of nitrogens with two attached hydrogens (primary N) is 1. The highest BCUT2D eigenvalue weighted by Gasteiger charge is 2.28. The predicted molar refractivity (Wildman–Crippen MR) is 122 cm³/mol. The lowest BCUT2D eigenvalue weighted by molar-refractivity contribution is 0.0354. The smallest absolute Gasteiger partial charge is 0.264 e. The highest BCUT2D eigenvalue weighted by molar-refractivity contribution is 7.15. The van der Waals surface area contributed by atoms with Gasteiger partial charge < -0.3 is 14.5 Å². The first-order chi connectivity index (χ1) is 15.3. The maximum atomic E-state index is 14.0. The summed E-state index contributed by atoms with van der Waals surface area (Å²) < 4.78 is 33.4. The Morgan fingerprint density at radius 3 is 2.69 bits per heavy atom. The lowest BCUT2D eigenvalue weighted by atomic mass is 10.1. The summed E-state index contributed by atoms with van der Waals surface area (Å²) in [5, 5.41) is -0.337. The van der Waals surface area contributed by atoms with Gasteiger partial charge in [0, 0.05) is 42.8 Å². The fourth-order valence-electron chi connectivity index (χ4n) is 3.56. The van der Waals surface area contributed by atoms with Crippen LogP contribution in [0, 0.1) is 11.6 Å². The van der Waals surface area contributed by atoms with E-state index in [-0.39, 0.29) is 23.1 Å². The number of aliphatic imine (C=N–C) groups is 1. The molecule has 10 heteroatoms. The molecule has 1 unspecified atom stereocenters. The fraction of sp³-hybridized carbons (Fsp3) is 0.364. The van der Waals surface area contributed by atoms with Crippen LogP contribution in [0.25, 0.3) is 5.57 Å². The number of benzene rings is 1. The number of thiophene rings is 1. The van der Waals surface area contributed by atoms with Gasteiger partial charge in [-0.2, -0.15) is 0 Å². The summed E-state index contributed by atoms with van der Waals surface area (Å²) >= 11 is 7.24. The zero-order chi connectivity index (χ0) is 22.9. The molecule has 0 aliphatic carbocycles. The minimum absolute atomic E-state index is 0.0146. The quantitative estimate of drug-likeness (QED) is 0.526. The van der Waals surface area contributed by atoms with Crippen LogP contribution in [0.5, 0.6) is 0 Å². The molecule has 1 amide bonds. The number of piperazine rings is 1. The fourth-order valence-corrected chi connectivity index (χ4v) is 4.75. The Labute approximate surface area is 193 Å². The molecule has 0 spiro atoms. The van der Waals surface area contributed by atoms with Gasteiger partial charge in [0.25, 0.3) is 5.91 Å². The van der Waals surface area contributed by atoms with Crippen LogP contribution in [0.2, 0.25) is 5.02 Å². The van der Waals surface area contributed by atoms with E-state index in [0.717, 1.165) is 35.7 Å². The summed E-state index contributed by atoms with van der Waals surface area (Å²) in [5.41, 5.74) is 5.56.